The number of nitrogens with two attached hydrogens (primary N) is 1. The van der Waals surface area contributed by atoms with Gasteiger partial charge in [-0.1, -0.05) is 13.8 Å². The van der Waals surface area contributed by atoms with Crippen molar-refractivity contribution in [1.82, 2.24) is 9.55 Å². The van der Waals surface area contributed by atoms with Gasteiger partial charge in [0, 0.05) is 26.3 Å². The van der Waals surface area contributed by atoms with Crippen LogP contribution in [0, 0.1) is 5.92 Å². The number of nitrogen functional groups attached to an aromatic ring is 1. The van der Waals surface area contributed by atoms with Gasteiger partial charge >= 0.3 is 5.69 Å². The van der Waals surface area contributed by atoms with Gasteiger partial charge in [0.05, 0.1) is 6.61 Å². The van der Waals surface area contributed by atoms with E-state index in [-0.39, 0.29) is 42.9 Å². The van der Waals surface area contributed by atoms with Crippen LogP contribution < -0.4 is 26.4 Å². The van der Waals surface area contributed by atoms with Crippen molar-refractivity contribution in [2.45, 2.75) is 26.9 Å². The molecule has 0 saturated carbocycles. The first-order valence-corrected chi connectivity index (χ1v) is 8.84. The maximum atomic E-state index is 12.9. The molecule has 28 heavy (non-hydrogen) atoms. The lowest BCUT2D eigenvalue weighted by Gasteiger charge is -2.23. The summed E-state index contributed by atoms with van der Waals surface area (Å²) in [5.41, 5.74) is 4.66. The summed E-state index contributed by atoms with van der Waals surface area (Å²) >= 11 is 0. The highest BCUT2D eigenvalue weighted by Crippen LogP contribution is 2.18. The van der Waals surface area contributed by atoms with Crippen LogP contribution in [0.3, 0.4) is 0 Å². The van der Waals surface area contributed by atoms with Crippen molar-refractivity contribution < 1.29 is 19.2 Å². The molecular weight excluding hydrogens is 366 g/mol. The van der Waals surface area contributed by atoms with E-state index in [0.29, 0.717) is 6.54 Å². The predicted octanol–water partition coefficient (Wildman–Crippen LogP) is -0.552. The summed E-state index contributed by atoms with van der Waals surface area (Å²) in [6.07, 6.45) is 3.00. The van der Waals surface area contributed by atoms with Gasteiger partial charge < -0.3 is 15.6 Å². The average Bonchev–Trinajstić information content (AvgIpc) is 2.61. The summed E-state index contributed by atoms with van der Waals surface area (Å²) in [6, 6.07) is 3.07. The molecule has 0 saturated heterocycles. The number of H-pyrrole nitrogens is 1. The van der Waals surface area contributed by atoms with Crippen LogP contribution >= 0.6 is 0 Å². The van der Waals surface area contributed by atoms with Crippen LogP contribution in [0.4, 0.5) is 11.5 Å². The highest BCUT2D eigenvalue weighted by molar-refractivity contribution is 5.94. The number of aromatic nitrogens is 3. The second kappa shape index (κ2) is 9.18. The molecule has 0 aromatic carbocycles. The zero-order valence-electron chi connectivity index (χ0n) is 16.2. The number of anilines is 2. The Labute approximate surface area is 161 Å². The SMILES string of the molecule is COCCN(C(=O)C[n+]1cccc(O)c1)c1c(N)n(CC(C)C)c(=O)[nH]c1=O. The fourth-order valence-corrected chi connectivity index (χ4v) is 2.78. The predicted molar refractivity (Wildman–Crippen MR) is 103 cm³/mol. The zero-order valence-corrected chi connectivity index (χ0v) is 16.2. The highest BCUT2D eigenvalue weighted by Gasteiger charge is 2.26. The number of aromatic hydroxyl groups is 1. The Morgan fingerprint density at radius 3 is 2.75 bits per heavy atom. The van der Waals surface area contributed by atoms with E-state index in [1.807, 2.05) is 13.8 Å². The minimum Gasteiger partial charge on any atom is -0.503 e. The summed E-state index contributed by atoms with van der Waals surface area (Å²) < 4.78 is 7.77. The number of hydrogen-bond acceptors (Lipinski definition) is 6. The van der Waals surface area contributed by atoms with Crippen molar-refractivity contribution in [3.8, 4) is 5.75 Å². The summed E-state index contributed by atoms with van der Waals surface area (Å²) in [4.78, 5) is 41.0. The molecule has 0 fully saturated rings. The van der Waals surface area contributed by atoms with Crippen LogP contribution in [-0.4, -0.2) is 40.8 Å². The highest BCUT2D eigenvalue weighted by atomic mass is 16.5. The van der Waals surface area contributed by atoms with Gasteiger partial charge in [0.1, 0.15) is 5.82 Å². The van der Waals surface area contributed by atoms with Crippen LogP contribution in [0.25, 0.3) is 0 Å². The Morgan fingerprint density at radius 2 is 2.14 bits per heavy atom. The molecule has 2 aromatic heterocycles. The smallest absolute Gasteiger partial charge is 0.330 e. The van der Waals surface area contributed by atoms with Gasteiger partial charge in [-0.2, -0.15) is 4.57 Å². The van der Waals surface area contributed by atoms with E-state index in [9.17, 15) is 19.5 Å². The Kier molecular flexibility index (Phi) is 6.94. The lowest BCUT2D eigenvalue weighted by Crippen LogP contribution is -2.48. The van der Waals surface area contributed by atoms with Crippen molar-refractivity contribution in [3.63, 3.8) is 0 Å². The molecule has 0 aliphatic heterocycles. The first-order chi connectivity index (χ1) is 13.2. The van der Waals surface area contributed by atoms with Gasteiger partial charge in [-0.15, -0.1) is 0 Å². The number of methoxy groups -OCH3 is 1. The first kappa shape index (κ1) is 21.2. The van der Waals surface area contributed by atoms with Crippen LogP contribution in [-0.2, 0) is 22.6 Å². The van der Waals surface area contributed by atoms with Gasteiger partial charge in [0.15, 0.2) is 17.6 Å². The molecule has 2 heterocycles. The number of amides is 1. The normalized spacial score (nSPS) is 11.0. The van der Waals surface area contributed by atoms with E-state index >= 15 is 0 Å². The maximum Gasteiger partial charge on any atom is 0.330 e. The van der Waals surface area contributed by atoms with Crippen molar-refractivity contribution >= 4 is 17.4 Å². The quantitative estimate of drug-likeness (QED) is 0.516. The maximum absolute atomic E-state index is 12.9. The molecule has 0 atom stereocenters. The third kappa shape index (κ3) is 4.97. The standard InChI is InChI=1S/C18H25N5O5/c1-12(2)9-23-16(19)15(17(26)20-18(23)27)22(7-8-28-3)14(25)11-21-6-4-5-13(24)10-21/h4-6,10,12H,7-9,11H2,1-3H3,(H3-,19,20,24,26,27)/p+1. The second-order valence-electron chi connectivity index (χ2n) is 6.77. The Balaban J connectivity index is 2.48. The minimum atomic E-state index is -0.743. The minimum absolute atomic E-state index is 0.00147. The van der Waals surface area contributed by atoms with Gasteiger partial charge in [-0.25, -0.2) is 4.79 Å². The molecule has 0 bridgehead atoms. The summed E-state index contributed by atoms with van der Waals surface area (Å²) in [5.74, 6) is -0.418. The van der Waals surface area contributed by atoms with E-state index in [2.05, 4.69) is 4.98 Å². The third-order valence-electron chi connectivity index (χ3n) is 4.01. The number of nitrogens with one attached hydrogen (secondary N) is 1. The molecule has 0 radical (unpaired) electrons. The van der Waals surface area contributed by atoms with Crippen molar-refractivity contribution in [1.29, 1.82) is 0 Å². The Hall–Kier alpha value is -3.14. The molecule has 1 amide bonds. The van der Waals surface area contributed by atoms with Gasteiger partial charge in [0.25, 0.3) is 11.5 Å². The van der Waals surface area contributed by atoms with Crippen LogP contribution in [0.1, 0.15) is 13.8 Å². The Morgan fingerprint density at radius 1 is 1.43 bits per heavy atom. The van der Waals surface area contributed by atoms with E-state index in [4.69, 9.17) is 10.5 Å². The summed E-state index contributed by atoms with van der Waals surface area (Å²) in [6.45, 7) is 4.20. The largest absolute Gasteiger partial charge is 0.503 e. The first-order valence-electron chi connectivity index (χ1n) is 8.84. The number of rotatable bonds is 8. The molecule has 152 valence electrons. The van der Waals surface area contributed by atoms with Gasteiger partial charge in [0.2, 0.25) is 12.7 Å². The number of aromatic amines is 1. The number of pyridine rings is 1. The number of nitrogens with zero attached hydrogens (tertiary/aromatic N) is 3. The molecule has 2 rings (SSSR count). The molecule has 0 aliphatic rings. The number of ether oxygens (including phenoxy) is 1. The average molecular weight is 392 g/mol. The van der Waals surface area contributed by atoms with Crippen LogP contribution in [0.15, 0.2) is 34.1 Å². The molecule has 4 N–H and O–H groups in total. The molecule has 10 nitrogen and oxygen atoms in total. The van der Waals surface area contributed by atoms with Gasteiger partial charge in [-0.3, -0.25) is 24.0 Å². The van der Waals surface area contributed by atoms with Crippen molar-refractivity contribution in [2.75, 3.05) is 30.9 Å². The third-order valence-corrected chi connectivity index (χ3v) is 4.01. The monoisotopic (exact) mass is 392 g/mol. The number of carbonyl (C=O) groups excluding carboxylic acids is 1. The topological polar surface area (TPSA) is 135 Å². The number of hydrogen-bond donors (Lipinski definition) is 3. The molecule has 0 aliphatic carbocycles. The van der Waals surface area contributed by atoms with Crippen LogP contribution in [0.5, 0.6) is 5.75 Å². The van der Waals surface area contributed by atoms with E-state index in [1.165, 1.54) is 33.4 Å². The second-order valence-corrected chi connectivity index (χ2v) is 6.77. The molecule has 10 heteroatoms. The van der Waals surface area contributed by atoms with E-state index in [0.717, 1.165) is 0 Å². The molecule has 0 unspecified atom stereocenters. The lowest BCUT2D eigenvalue weighted by atomic mass is 10.2. The van der Waals surface area contributed by atoms with Crippen molar-refractivity contribution in [3.05, 3.63) is 45.4 Å². The van der Waals surface area contributed by atoms with Crippen LogP contribution in [0.2, 0.25) is 0 Å². The fourth-order valence-electron chi connectivity index (χ4n) is 2.78. The number of carbonyl (C=O) groups is 1. The lowest BCUT2D eigenvalue weighted by molar-refractivity contribution is -0.684. The van der Waals surface area contributed by atoms with Crippen molar-refractivity contribution in [2.24, 2.45) is 5.92 Å². The van der Waals surface area contributed by atoms with E-state index in [1.54, 1.807) is 12.3 Å². The molecular formula is C18H26N5O5+. The van der Waals surface area contributed by atoms with E-state index < -0.39 is 17.2 Å². The summed E-state index contributed by atoms with van der Waals surface area (Å²) in [5, 5.41) is 9.58. The zero-order chi connectivity index (χ0) is 20.8. The Bertz CT molecular complexity index is 950. The molecule has 0 spiro atoms. The van der Waals surface area contributed by atoms with Gasteiger partial charge in [-0.05, 0) is 12.0 Å². The fraction of sp³-hybridized carbons (Fsp3) is 0.444. The molecule has 2 aromatic rings. The summed E-state index contributed by atoms with van der Waals surface area (Å²) in [7, 11) is 1.47.